The first-order valence-corrected chi connectivity index (χ1v) is 8.54. The standard InChI is InChI=1S/C15H15FN4O2S/c1-10-14-13(7-8-17-15(14)20(2)19-10)18-9-23(21,22)12-5-3-11(16)4-6-12/h3-8H,9H2,1-2H3,(H,17,18). The van der Waals surface area contributed by atoms with E-state index < -0.39 is 15.7 Å². The molecular weight excluding hydrogens is 319 g/mol. The van der Waals surface area contributed by atoms with Gasteiger partial charge < -0.3 is 5.32 Å². The predicted molar refractivity (Wildman–Crippen MR) is 85.3 cm³/mol. The van der Waals surface area contributed by atoms with Crippen LogP contribution in [0.3, 0.4) is 0 Å². The van der Waals surface area contributed by atoms with Crippen molar-refractivity contribution in [3.8, 4) is 0 Å². The van der Waals surface area contributed by atoms with Gasteiger partial charge in [-0.15, -0.1) is 0 Å². The Balaban J connectivity index is 1.90. The number of rotatable bonds is 4. The van der Waals surface area contributed by atoms with Crippen LogP contribution < -0.4 is 5.32 Å². The maximum absolute atomic E-state index is 12.9. The van der Waals surface area contributed by atoms with E-state index in [-0.39, 0.29) is 10.8 Å². The first kappa shape index (κ1) is 15.4. The van der Waals surface area contributed by atoms with Gasteiger partial charge in [0.05, 0.1) is 16.0 Å². The van der Waals surface area contributed by atoms with E-state index in [9.17, 15) is 12.8 Å². The smallest absolute Gasteiger partial charge is 0.196 e. The molecule has 0 saturated carbocycles. The van der Waals surface area contributed by atoms with Gasteiger partial charge in [-0.1, -0.05) is 0 Å². The molecule has 2 aromatic heterocycles. The molecule has 3 aromatic rings. The summed E-state index contributed by atoms with van der Waals surface area (Å²) in [6.07, 6.45) is 1.59. The number of hydrogen-bond acceptors (Lipinski definition) is 5. The van der Waals surface area contributed by atoms with Gasteiger partial charge in [-0.05, 0) is 37.3 Å². The van der Waals surface area contributed by atoms with E-state index in [2.05, 4.69) is 15.4 Å². The third kappa shape index (κ3) is 2.89. The number of hydrogen-bond donors (Lipinski definition) is 1. The van der Waals surface area contributed by atoms with E-state index in [1.54, 1.807) is 24.0 Å². The fourth-order valence-corrected chi connectivity index (χ4v) is 3.48. The Kier molecular flexibility index (Phi) is 3.77. The van der Waals surface area contributed by atoms with Crippen molar-refractivity contribution in [3.63, 3.8) is 0 Å². The lowest BCUT2D eigenvalue weighted by molar-refractivity contribution is 0.596. The van der Waals surface area contributed by atoms with Crippen LogP contribution in [0.4, 0.5) is 10.1 Å². The highest BCUT2D eigenvalue weighted by Gasteiger charge is 2.16. The fraction of sp³-hybridized carbons (Fsp3) is 0.200. The largest absolute Gasteiger partial charge is 0.371 e. The molecule has 0 spiro atoms. The van der Waals surface area contributed by atoms with Crippen molar-refractivity contribution in [3.05, 3.63) is 48.0 Å². The van der Waals surface area contributed by atoms with E-state index in [0.717, 1.165) is 23.2 Å². The van der Waals surface area contributed by atoms with Crippen molar-refractivity contribution < 1.29 is 12.8 Å². The van der Waals surface area contributed by atoms with Crippen LogP contribution in [0.15, 0.2) is 41.4 Å². The van der Waals surface area contributed by atoms with Crippen LogP contribution in [0.2, 0.25) is 0 Å². The van der Waals surface area contributed by atoms with E-state index in [1.165, 1.54) is 12.1 Å². The highest BCUT2D eigenvalue weighted by atomic mass is 32.2. The third-order valence-electron chi connectivity index (χ3n) is 3.52. The monoisotopic (exact) mass is 334 g/mol. The molecule has 0 aliphatic rings. The molecule has 0 atom stereocenters. The lowest BCUT2D eigenvalue weighted by Crippen LogP contribution is -2.15. The van der Waals surface area contributed by atoms with Crippen LogP contribution in [-0.2, 0) is 16.9 Å². The van der Waals surface area contributed by atoms with Crippen LogP contribution >= 0.6 is 0 Å². The molecule has 3 rings (SSSR count). The van der Waals surface area contributed by atoms with Crippen molar-refractivity contribution in [2.45, 2.75) is 11.8 Å². The van der Waals surface area contributed by atoms with Crippen LogP contribution in [0.25, 0.3) is 11.0 Å². The number of aromatic nitrogens is 3. The Hall–Kier alpha value is -2.48. The highest BCUT2D eigenvalue weighted by molar-refractivity contribution is 7.91. The second kappa shape index (κ2) is 5.62. The number of fused-ring (bicyclic) bond motifs is 1. The Morgan fingerprint density at radius 1 is 1.22 bits per heavy atom. The van der Waals surface area contributed by atoms with Gasteiger partial charge in [-0.2, -0.15) is 5.10 Å². The summed E-state index contributed by atoms with van der Waals surface area (Å²) >= 11 is 0. The molecule has 8 heteroatoms. The fourth-order valence-electron chi connectivity index (χ4n) is 2.42. The molecule has 2 heterocycles. The van der Waals surface area contributed by atoms with E-state index in [4.69, 9.17) is 0 Å². The summed E-state index contributed by atoms with van der Waals surface area (Å²) in [7, 11) is -1.80. The minimum Gasteiger partial charge on any atom is -0.371 e. The molecular formula is C15H15FN4O2S. The average molecular weight is 334 g/mol. The molecule has 120 valence electrons. The van der Waals surface area contributed by atoms with Crippen LogP contribution in [0.1, 0.15) is 5.69 Å². The Morgan fingerprint density at radius 3 is 2.61 bits per heavy atom. The summed E-state index contributed by atoms with van der Waals surface area (Å²) in [5.74, 6) is -0.773. The van der Waals surface area contributed by atoms with E-state index >= 15 is 0 Å². The summed E-state index contributed by atoms with van der Waals surface area (Å²) in [6.45, 7) is 1.84. The summed E-state index contributed by atoms with van der Waals surface area (Å²) in [5.41, 5.74) is 2.08. The van der Waals surface area contributed by atoms with Crippen molar-refractivity contribution in [1.82, 2.24) is 14.8 Å². The van der Waals surface area contributed by atoms with E-state index in [0.29, 0.717) is 11.3 Å². The van der Waals surface area contributed by atoms with Crippen molar-refractivity contribution in [2.75, 3.05) is 11.2 Å². The zero-order valence-electron chi connectivity index (χ0n) is 12.6. The molecule has 0 amide bonds. The summed E-state index contributed by atoms with van der Waals surface area (Å²) in [5, 5.41) is 7.99. The highest BCUT2D eigenvalue weighted by Crippen LogP contribution is 2.25. The number of aryl methyl sites for hydroxylation is 2. The molecule has 23 heavy (non-hydrogen) atoms. The van der Waals surface area contributed by atoms with Gasteiger partial charge in [0.2, 0.25) is 0 Å². The lowest BCUT2D eigenvalue weighted by Gasteiger charge is -2.09. The topological polar surface area (TPSA) is 76.9 Å². The molecule has 1 aromatic carbocycles. The predicted octanol–water partition coefficient (Wildman–Crippen LogP) is 2.26. The minimum absolute atomic E-state index is 0.0691. The second-order valence-electron chi connectivity index (χ2n) is 5.16. The Labute approximate surface area is 132 Å². The van der Waals surface area contributed by atoms with Crippen LogP contribution in [-0.4, -0.2) is 29.1 Å². The molecule has 6 nitrogen and oxygen atoms in total. The molecule has 1 N–H and O–H groups in total. The van der Waals surface area contributed by atoms with Gasteiger partial charge in [-0.25, -0.2) is 17.8 Å². The van der Waals surface area contributed by atoms with Gasteiger partial charge in [0.1, 0.15) is 11.7 Å². The minimum atomic E-state index is -3.58. The number of nitrogens with zero attached hydrogens (tertiary/aromatic N) is 3. The molecule has 0 aliphatic carbocycles. The molecule has 0 radical (unpaired) electrons. The maximum atomic E-state index is 12.9. The first-order chi connectivity index (χ1) is 10.9. The summed E-state index contributed by atoms with van der Waals surface area (Å²) in [4.78, 5) is 4.31. The number of benzene rings is 1. The third-order valence-corrected chi connectivity index (χ3v) is 5.04. The SMILES string of the molecule is Cc1nn(C)c2nccc(NCS(=O)(=O)c3ccc(F)cc3)c12. The van der Waals surface area contributed by atoms with Crippen molar-refractivity contribution in [1.29, 1.82) is 0 Å². The molecule has 0 aliphatic heterocycles. The average Bonchev–Trinajstić information content (AvgIpc) is 2.81. The normalized spacial score (nSPS) is 11.8. The summed E-state index contributed by atoms with van der Waals surface area (Å²) < 4.78 is 39.2. The van der Waals surface area contributed by atoms with Gasteiger partial charge >= 0.3 is 0 Å². The zero-order chi connectivity index (χ0) is 16.6. The summed E-state index contributed by atoms with van der Waals surface area (Å²) in [6, 6.07) is 6.47. The van der Waals surface area contributed by atoms with E-state index in [1.807, 2.05) is 6.92 Å². The lowest BCUT2D eigenvalue weighted by atomic mass is 10.2. The van der Waals surface area contributed by atoms with Gasteiger partial charge in [0.15, 0.2) is 15.5 Å². The maximum Gasteiger partial charge on any atom is 0.196 e. The number of nitrogens with one attached hydrogen (secondary N) is 1. The van der Waals surface area contributed by atoms with Gasteiger partial charge in [0.25, 0.3) is 0 Å². The van der Waals surface area contributed by atoms with Gasteiger partial charge in [0, 0.05) is 18.9 Å². The molecule has 0 bridgehead atoms. The Morgan fingerprint density at radius 2 is 1.91 bits per heavy atom. The number of pyridine rings is 1. The van der Waals surface area contributed by atoms with Crippen LogP contribution in [0, 0.1) is 12.7 Å². The number of sulfone groups is 1. The van der Waals surface area contributed by atoms with Crippen molar-refractivity contribution in [2.24, 2.45) is 7.05 Å². The molecule has 0 fully saturated rings. The second-order valence-corrected chi connectivity index (χ2v) is 7.15. The Bertz CT molecular complexity index is 965. The zero-order valence-corrected chi connectivity index (χ0v) is 13.4. The quantitative estimate of drug-likeness (QED) is 0.741. The van der Waals surface area contributed by atoms with Crippen LogP contribution in [0.5, 0.6) is 0 Å². The first-order valence-electron chi connectivity index (χ1n) is 6.89. The molecule has 0 saturated heterocycles. The molecule has 0 unspecified atom stereocenters. The number of anilines is 1. The van der Waals surface area contributed by atoms with Crippen molar-refractivity contribution >= 4 is 26.6 Å². The number of halogens is 1. The van der Waals surface area contributed by atoms with Gasteiger partial charge in [-0.3, -0.25) is 4.68 Å².